The minimum absolute atomic E-state index is 0.102. The molecule has 0 aliphatic carbocycles. The number of hydrogen-bond donors (Lipinski definition) is 3. The van der Waals surface area contributed by atoms with Crippen LogP contribution in [0.3, 0.4) is 0 Å². The predicted octanol–water partition coefficient (Wildman–Crippen LogP) is 3.67. The molecule has 3 rings (SSSR count). The lowest BCUT2D eigenvalue weighted by Crippen LogP contribution is -2.47. The third-order valence-electron chi connectivity index (χ3n) is 6.06. The van der Waals surface area contributed by atoms with Crippen LogP contribution in [0.15, 0.2) is 48.8 Å². The third-order valence-corrected chi connectivity index (χ3v) is 6.06. The van der Waals surface area contributed by atoms with E-state index >= 15 is 0 Å². The molecule has 1 aromatic carbocycles. The van der Waals surface area contributed by atoms with Crippen molar-refractivity contribution in [2.24, 2.45) is 0 Å². The lowest BCUT2D eigenvalue weighted by molar-refractivity contribution is -0.117. The summed E-state index contributed by atoms with van der Waals surface area (Å²) in [5.74, 6) is -0.102. The van der Waals surface area contributed by atoms with E-state index in [0.717, 1.165) is 17.7 Å². The van der Waals surface area contributed by atoms with E-state index in [2.05, 4.69) is 15.6 Å². The number of nitrogens with one attached hydrogen (secondary N) is 2. The molecule has 4 atom stereocenters. The van der Waals surface area contributed by atoms with Crippen LogP contribution >= 0.6 is 0 Å². The number of carbonyl (C=O) groups is 2. The van der Waals surface area contributed by atoms with Crippen molar-refractivity contribution >= 4 is 17.7 Å². The first-order valence-electron chi connectivity index (χ1n) is 11.8. The fourth-order valence-corrected chi connectivity index (χ4v) is 4.17. The number of nitrogens with zero attached hydrogens (tertiary/aromatic N) is 2. The van der Waals surface area contributed by atoms with Crippen LogP contribution in [0.2, 0.25) is 0 Å². The maximum Gasteiger partial charge on any atom is 0.410 e. The van der Waals surface area contributed by atoms with E-state index in [0.29, 0.717) is 18.4 Å². The van der Waals surface area contributed by atoms with Crippen molar-refractivity contribution in [3.8, 4) is 0 Å². The maximum atomic E-state index is 13.2. The van der Waals surface area contributed by atoms with Crippen molar-refractivity contribution in [3.05, 3.63) is 59.9 Å². The van der Waals surface area contributed by atoms with Crippen LogP contribution in [-0.2, 0) is 16.0 Å². The molecule has 2 heterocycles. The Morgan fingerprint density at radius 3 is 2.50 bits per heavy atom. The van der Waals surface area contributed by atoms with E-state index in [1.54, 1.807) is 37.3 Å². The molecule has 1 aliphatic rings. The molecule has 0 saturated carbocycles. The minimum Gasteiger partial charge on any atom is -0.444 e. The van der Waals surface area contributed by atoms with Crippen LogP contribution in [0.25, 0.3) is 0 Å². The van der Waals surface area contributed by atoms with E-state index < -0.39 is 23.8 Å². The van der Waals surface area contributed by atoms with Crippen LogP contribution in [0.4, 0.5) is 10.5 Å². The van der Waals surface area contributed by atoms with Gasteiger partial charge in [-0.3, -0.25) is 14.7 Å². The van der Waals surface area contributed by atoms with Crippen molar-refractivity contribution < 1.29 is 19.4 Å². The molecule has 184 valence electrons. The van der Waals surface area contributed by atoms with Gasteiger partial charge in [-0.2, -0.15) is 0 Å². The van der Waals surface area contributed by atoms with Crippen LogP contribution in [0, 0.1) is 0 Å². The molecule has 1 saturated heterocycles. The first-order chi connectivity index (χ1) is 16.1. The lowest BCUT2D eigenvalue weighted by Gasteiger charge is -2.34. The predicted molar refractivity (Wildman–Crippen MR) is 131 cm³/mol. The van der Waals surface area contributed by atoms with Gasteiger partial charge in [0, 0.05) is 29.7 Å². The SMILES string of the molecule is CN[C@@H](C)C(=O)Nc1ccc(C[C@@H]2CC[C@H]([C@H](O)c3cccnc3)N2C(=O)OC(C)(C)C)cc1. The van der Waals surface area contributed by atoms with E-state index in [1.807, 2.05) is 51.1 Å². The molecule has 0 radical (unpaired) electrons. The molecule has 0 unspecified atom stereocenters. The highest BCUT2D eigenvalue weighted by molar-refractivity contribution is 5.94. The van der Waals surface area contributed by atoms with E-state index in [4.69, 9.17) is 4.74 Å². The fraction of sp³-hybridized carbons (Fsp3) is 0.500. The molecule has 1 aliphatic heterocycles. The molecule has 8 nitrogen and oxygen atoms in total. The van der Waals surface area contributed by atoms with Crippen molar-refractivity contribution in [1.82, 2.24) is 15.2 Å². The summed E-state index contributed by atoms with van der Waals surface area (Å²) in [6, 6.07) is 10.4. The van der Waals surface area contributed by atoms with Crippen LogP contribution in [0.5, 0.6) is 0 Å². The summed E-state index contributed by atoms with van der Waals surface area (Å²) in [6.45, 7) is 7.31. The quantitative estimate of drug-likeness (QED) is 0.573. The molecule has 2 amide bonds. The maximum absolute atomic E-state index is 13.2. The Bertz CT molecular complexity index is 959. The smallest absolute Gasteiger partial charge is 0.410 e. The average molecular weight is 469 g/mol. The third kappa shape index (κ3) is 6.55. The summed E-state index contributed by atoms with van der Waals surface area (Å²) in [6.07, 6.45) is 4.05. The van der Waals surface area contributed by atoms with Crippen molar-refractivity contribution in [2.45, 2.75) is 76.8 Å². The number of aliphatic hydroxyl groups excluding tert-OH is 1. The Kier molecular flexibility index (Phi) is 8.28. The van der Waals surface area contributed by atoms with Gasteiger partial charge in [0.1, 0.15) is 11.7 Å². The van der Waals surface area contributed by atoms with E-state index in [9.17, 15) is 14.7 Å². The number of likely N-dealkylation sites (N-methyl/N-ethyl adjacent to an activating group) is 1. The molecule has 34 heavy (non-hydrogen) atoms. The van der Waals surface area contributed by atoms with Gasteiger partial charge >= 0.3 is 6.09 Å². The molecule has 3 N–H and O–H groups in total. The van der Waals surface area contributed by atoms with Gasteiger partial charge < -0.3 is 20.5 Å². The van der Waals surface area contributed by atoms with E-state index in [1.165, 1.54) is 0 Å². The summed E-state index contributed by atoms with van der Waals surface area (Å²) in [5.41, 5.74) is 1.79. The minimum atomic E-state index is -0.849. The number of aliphatic hydroxyl groups is 1. The van der Waals surface area contributed by atoms with Gasteiger partial charge in [-0.25, -0.2) is 4.79 Å². The number of hydrogen-bond acceptors (Lipinski definition) is 6. The zero-order valence-corrected chi connectivity index (χ0v) is 20.6. The Balaban J connectivity index is 1.76. The molecule has 8 heteroatoms. The summed E-state index contributed by atoms with van der Waals surface area (Å²) < 4.78 is 5.71. The number of pyridine rings is 1. The fourth-order valence-electron chi connectivity index (χ4n) is 4.17. The Morgan fingerprint density at radius 2 is 1.91 bits per heavy atom. The van der Waals surface area contributed by atoms with Crippen molar-refractivity contribution in [2.75, 3.05) is 12.4 Å². The highest BCUT2D eigenvalue weighted by atomic mass is 16.6. The number of benzene rings is 1. The number of likely N-dealkylation sites (tertiary alicyclic amines) is 1. The number of aromatic nitrogens is 1. The molecule has 0 bridgehead atoms. The van der Waals surface area contributed by atoms with Gasteiger partial charge in [-0.1, -0.05) is 18.2 Å². The monoisotopic (exact) mass is 468 g/mol. The highest BCUT2D eigenvalue weighted by Crippen LogP contribution is 2.35. The molecule has 1 fully saturated rings. The van der Waals surface area contributed by atoms with Gasteiger partial charge in [0.15, 0.2) is 0 Å². The first kappa shape index (κ1) is 25.6. The van der Waals surface area contributed by atoms with Crippen molar-refractivity contribution in [1.29, 1.82) is 0 Å². The summed E-state index contributed by atoms with van der Waals surface area (Å²) in [7, 11) is 1.74. The Labute approximate surface area is 201 Å². The normalized spacial score (nSPS) is 20.0. The Hall–Kier alpha value is -2.97. The number of carbonyl (C=O) groups excluding carboxylic acids is 2. The number of amides is 2. The summed E-state index contributed by atoms with van der Waals surface area (Å²) >= 11 is 0. The molecule has 2 aromatic rings. The van der Waals surface area contributed by atoms with Crippen LogP contribution in [0.1, 0.15) is 57.8 Å². The summed E-state index contributed by atoms with van der Waals surface area (Å²) in [4.78, 5) is 31.1. The highest BCUT2D eigenvalue weighted by Gasteiger charge is 2.43. The summed E-state index contributed by atoms with van der Waals surface area (Å²) in [5, 5.41) is 16.9. The second-order valence-electron chi connectivity index (χ2n) is 9.82. The standard InChI is InChI=1S/C26H36N4O4/c1-17(27-5)24(32)29-20-10-8-18(9-11-20)15-21-12-13-22(23(31)19-7-6-14-28-16-19)30(21)25(33)34-26(2,3)4/h6-11,14,16-17,21-23,27,31H,12-13,15H2,1-5H3,(H,29,32)/t17-,21-,22+,23+/m0/s1. The largest absolute Gasteiger partial charge is 0.444 e. The van der Waals surface area contributed by atoms with Crippen molar-refractivity contribution in [3.63, 3.8) is 0 Å². The molecular weight excluding hydrogens is 432 g/mol. The second kappa shape index (κ2) is 11.0. The van der Waals surface area contributed by atoms with Gasteiger partial charge in [0.05, 0.1) is 12.1 Å². The molecule has 1 aromatic heterocycles. The molecular formula is C26H36N4O4. The number of ether oxygens (including phenoxy) is 1. The zero-order valence-electron chi connectivity index (χ0n) is 20.6. The van der Waals surface area contributed by atoms with Crippen LogP contribution in [-0.4, -0.2) is 57.8 Å². The molecule has 0 spiro atoms. The van der Waals surface area contributed by atoms with Gasteiger partial charge in [0.2, 0.25) is 5.91 Å². The lowest BCUT2D eigenvalue weighted by atomic mass is 10.0. The second-order valence-corrected chi connectivity index (χ2v) is 9.82. The topological polar surface area (TPSA) is 104 Å². The number of anilines is 1. The van der Waals surface area contributed by atoms with Gasteiger partial charge in [0.25, 0.3) is 0 Å². The first-order valence-corrected chi connectivity index (χ1v) is 11.8. The van der Waals surface area contributed by atoms with Gasteiger partial charge in [-0.15, -0.1) is 0 Å². The zero-order chi connectivity index (χ0) is 24.9. The van der Waals surface area contributed by atoms with Gasteiger partial charge in [-0.05, 0) is 77.8 Å². The Morgan fingerprint density at radius 1 is 1.21 bits per heavy atom. The average Bonchev–Trinajstić information content (AvgIpc) is 3.22. The van der Waals surface area contributed by atoms with E-state index in [-0.39, 0.29) is 18.0 Å². The number of rotatable bonds is 7. The van der Waals surface area contributed by atoms with Crippen LogP contribution < -0.4 is 10.6 Å².